The lowest BCUT2D eigenvalue weighted by Crippen LogP contribution is -2.22. The fourth-order valence-corrected chi connectivity index (χ4v) is 4.30. The van der Waals surface area contributed by atoms with E-state index in [1.807, 2.05) is 30.3 Å². The van der Waals surface area contributed by atoms with Gasteiger partial charge in [0.2, 0.25) is 5.89 Å². The lowest BCUT2D eigenvalue weighted by molar-refractivity contribution is 0.495. The zero-order chi connectivity index (χ0) is 15.6. The molecule has 0 fully saturated rings. The molecule has 0 radical (unpaired) electrons. The standard InChI is InChI=1S/C14H11ClN2O3S2/c15-12-6-7-14(21-12)22(18,19)17-9-13-16-8-11(20-13)10-4-2-1-3-5-10/h1-8,17H,9H2. The summed E-state index contributed by atoms with van der Waals surface area (Å²) in [5.74, 6) is 0.888. The van der Waals surface area contributed by atoms with Crippen LogP contribution in [-0.2, 0) is 16.6 Å². The summed E-state index contributed by atoms with van der Waals surface area (Å²) >= 11 is 6.75. The Hall–Kier alpha value is -1.67. The Kier molecular flexibility index (Phi) is 4.30. The van der Waals surface area contributed by atoms with Crippen molar-refractivity contribution in [3.63, 3.8) is 0 Å². The third kappa shape index (κ3) is 3.38. The Balaban J connectivity index is 1.71. The number of benzene rings is 1. The maximum Gasteiger partial charge on any atom is 0.250 e. The lowest BCUT2D eigenvalue weighted by Gasteiger charge is -2.01. The van der Waals surface area contributed by atoms with Crippen LogP contribution in [0.15, 0.2) is 57.3 Å². The van der Waals surface area contributed by atoms with Crippen LogP contribution < -0.4 is 4.72 Å². The molecule has 3 rings (SSSR count). The maximum absolute atomic E-state index is 12.1. The van der Waals surface area contributed by atoms with Crippen molar-refractivity contribution >= 4 is 33.0 Å². The number of hydrogen-bond donors (Lipinski definition) is 1. The number of rotatable bonds is 5. The molecule has 0 spiro atoms. The Morgan fingerprint density at radius 3 is 2.64 bits per heavy atom. The fourth-order valence-electron chi connectivity index (χ4n) is 1.80. The minimum absolute atomic E-state index is 0.0231. The average Bonchev–Trinajstić information content (AvgIpc) is 3.15. The average molecular weight is 355 g/mol. The molecule has 0 bridgehead atoms. The Morgan fingerprint density at radius 2 is 1.95 bits per heavy atom. The number of thiophene rings is 1. The van der Waals surface area contributed by atoms with E-state index in [0.29, 0.717) is 16.0 Å². The van der Waals surface area contributed by atoms with Gasteiger partial charge in [0.25, 0.3) is 10.0 Å². The van der Waals surface area contributed by atoms with Crippen LogP contribution in [0.25, 0.3) is 11.3 Å². The third-order valence-electron chi connectivity index (χ3n) is 2.84. The van der Waals surface area contributed by atoms with E-state index in [4.69, 9.17) is 16.0 Å². The van der Waals surface area contributed by atoms with Crippen LogP contribution in [0.3, 0.4) is 0 Å². The van der Waals surface area contributed by atoms with Gasteiger partial charge in [-0.2, -0.15) is 0 Å². The van der Waals surface area contributed by atoms with Crippen LogP contribution in [0.5, 0.6) is 0 Å². The predicted molar refractivity (Wildman–Crippen MR) is 85.3 cm³/mol. The van der Waals surface area contributed by atoms with Crippen LogP contribution >= 0.6 is 22.9 Å². The van der Waals surface area contributed by atoms with Crippen molar-refractivity contribution in [3.8, 4) is 11.3 Å². The molecule has 3 aromatic rings. The van der Waals surface area contributed by atoms with Gasteiger partial charge in [-0.25, -0.2) is 18.1 Å². The van der Waals surface area contributed by atoms with Crippen LogP contribution in [0.4, 0.5) is 0 Å². The van der Waals surface area contributed by atoms with E-state index in [-0.39, 0.29) is 10.8 Å². The van der Waals surface area contributed by atoms with Gasteiger partial charge >= 0.3 is 0 Å². The number of oxazole rings is 1. The zero-order valence-electron chi connectivity index (χ0n) is 11.2. The molecule has 0 aliphatic heterocycles. The summed E-state index contributed by atoms with van der Waals surface area (Å²) in [7, 11) is -3.61. The topological polar surface area (TPSA) is 72.2 Å². The Morgan fingerprint density at radius 1 is 1.18 bits per heavy atom. The SMILES string of the molecule is O=S(=O)(NCc1ncc(-c2ccccc2)o1)c1ccc(Cl)s1. The van der Waals surface area contributed by atoms with Crippen molar-refractivity contribution in [2.45, 2.75) is 10.8 Å². The number of halogens is 1. The molecule has 22 heavy (non-hydrogen) atoms. The fraction of sp³-hybridized carbons (Fsp3) is 0.0714. The van der Waals surface area contributed by atoms with E-state index in [1.165, 1.54) is 6.07 Å². The summed E-state index contributed by atoms with van der Waals surface area (Å²) in [4.78, 5) is 4.08. The van der Waals surface area contributed by atoms with Crippen LogP contribution in [0.2, 0.25) is 4.34 Å². The Labute approximate surface area is 136 Å². The second-order valence-electron chi connectivity index (χ2n) is 4.37. The second kappa shape index (κ2) is 6.21. The van der Waals surface area contributed by atoms with Gasteiger partial charge in [0.15, 0.2) is 5.76 Å². The normalized spacial score (nSPS) is 11.7. The first-order valence-corrected chi connectivity index (χ1v) is 8.97. The van der Waals surface area contributed by atoms with Gasteiger partial charge in [-0.05, 0) is 12.1 Å². The molecule has 0 atom stereocenters. The van der Waals surface area contributed by atoms with Crippen molar-refractivity contribution in [2.75, 3.05) is 0 Å². The van der Waals surface area contributed by atoms with Crippen molar-refractivity contribution in [1.29, 1.82) is 0 Å². The molecule has 1 aromatic carbocycles. The minimum Gasteiger partial charge on any atom is -0.439 e. The number of hydrogen-bond acceptors (Lipinski definition) is 5. The molecule has 0 aliphatic carbocycles. The van der Waals surface area contributed by atoms with Crippen molar-refractivity contribution in [1.82, 2.24) is 9.71 Å². The summed E-state index contributed by atoms with van der Waals surface area (Å²) in [6.45, 7) is -0.0231. The van der Waals surface area contributed by atoms with Gasteiger partial charge in [0.05, 0.1) is 17.1 Å². The van der Waals surface area contributed by atoms with Gasteiger partial charge in [-0.15, -0.1) is 11.3 Å². The highest BCUT2D eigenvalue weighted by atomic mass is 35.5. The summed E-state index contributed by atoms with van der Waals surface area (Å²) in [5, 5.41) is 0. The van der Waals surface area contributed by atoms with E-state index < -0.39 is 10.0 Å². The predicted octanol–water partition coefficient (Wildman–Crippen LogP) is 3.54. The van der Waals surface area contributed by atoms with E-state index in [1.54, 1.807) is 12.3 Å². The maximum atomic E-state index is 12.1. The van der Waals surface area contributed by atoms with E-state index in [0.717, 1.165) is 16.9 Å². The molecule has 0 saturated carbocycles. The molecule has 8 heteroatoms. The summed E-state index contributed by atoms with van der Waals surface area (Å²) in [5.41, 5.74) is 0.883. The first-order valence-electron chi connectivity index (χ1n) is 6.30. The zero-order valence-corrected chi connectivity index (χ0v) is 13.6. The third-order valence-corrected chi connectivity index (χ3v) is 5.96. The minimum atomic E-state index is -3.61. The first-order chi connectivity index (χ1) is 10.5. The Bertz CT molecular complexity index is 872. The highest BCUT2D eigenvalue weighted by Crippen LogP contribution is 2.25. The van der Waals surface area contributed by atoms with Crippen molar-refractivity contribution < 1.29 is 12.8 Å². The van der Waals surface area contributed by atoms with Gasteiger partial charge in [-0.1, -0.05) is 41.9 Å². The number of aromatic nitrogens is 1. The molecule has 2 aromatic heterocycles. The monoisotopic (exact) mass is 354 g/mol. The summed E-state index contributed by atoms with van der Waals surface area (Å²) in [6, 6.07) is 12.5. The number of nitrogens with zero attached hydrogens (tertiary/aromatic N) is 1. The molecule has 2 heterocycles. The number of sulfonamides is 1. The quantitative estimate of drug-likeness (QED) is 0.760. The molecule has 5 nitrogen and oxygen atoms in total. The van der Waals surface area contributed by atoms with E-state index in [2.05, 4.69) is 9.71 Å². The molecule has 114 valence electrons. The first kappa shape index (κ1) is 15.2. The van der Waals surface area contributed by atoms with Crippen LogP contribution in [0.1, 0.15) is 5.89 Å². The van der Waals surface area contributed by atoms with E-state index >= 15 is 0 Å². The van der Waals surface area contributed by atoms with Crippen molar-refractivity contribution in [2.24, 2.45) is 0 Å². The molecular formula is C14H11ClN2O3S2. The smallest absolute Gasteiger partial charge is 0.250 e. The summed E-state index contributed by atoms with van der Waals surface area (Å²) < 4.78 is 32.7. The largest absolute Gasteiger partial charge is 0.439 e. The van der Waals surface area contributed by atoms with Crippen LogP contribution in [0, 0.1) is 0 Å². The van der Waals surface area contributed by atoms with Crippen molar-refractivity contribution in [3.05, 3.63) is 58.9 Å². The van der Waals surface area contributed by atoms with Gasteiger partial charge < -0.3 is 4.42 Å². The molecule has 0 aliphatic rings. The van der Waals surface area contributed by atoms with Gasteiger partial charge in [0, 0.05) is 5.56 Å². The lowest BCUT2D eigenvalue weighted by atomic mass is 10.2. The van der Waals surface area contributed by atoms with Gasteiger partial charge in [-0.3, -0.25) is 0 Å². The summed E-state index contributed by atoms with van der Waals surface area (Å²) in [6.07, 6.45) is 1.57. The molecule has 1 N–H and O–H groups in total. The molecular weight excluding hydrogens is 344 g/mol. The second-order valence-corrected chi connectivity index (χ2v) is 8.08. The molecule has 0 amide bonds. The highest BCUT2D eigenvalue weighted by molar-refractivity contribution is 7.91. The van der Waals surface area contributed by atoms with Crippen LogP contribution in [-0.4, -0.2) is 13.4 Å². The van der Waals surface area contributed by atoms with Gasteiger partial charge in [0.1, 0.15) is 4.21 Å². The highest BCUT2D eigenvalue weighted by Gasteiger charge is 2.17. The number of nitrogens with one attached hydrogen (secondary N) is 1. The van der Waals surface area contributed by atoms with E-state index in [9.17, 15) is 8.42 Å². The molecule has 0 saturated heterocycles. The molecule has 0 unspecified atom stereocenters.